The van der Waals surface area contributed by atoms with Crippen LogP contribution in [-0.2, 0) is 20.8 Å². The van der Waals surface area contributed by atoms with Gasteiger partial charge in [0.2, 0.25) is 0 Å². The van der Waals surface area contributed by atoms with Gasteiger partial charge in [0, 0.05) is 36.9 Å². The van der Waals surface area contributed by atoms with Crippen molar-refractivity contribution in [3.05, 3.63) is 70.8 Å². The Morgan fingerprint density at radius 1 is 1.00 bits per heavy atom. The number of amides is 1. The molecule has 2 aromatic carbocycles. The topological polar surface area (TPSA) is 67.9 Å². The fourth-order valence-corrected chi connectivity index (χ4v) is 3.20. The summed E-state index contributed by atoms with van der Waals surface area (Å²) in [5, 5.41) is 2.78. The highest BCUT2D eigenvalue weighted by Gasteiger charge is 2.26. The number of carbonyl (C=O) groups excluding carboxylic acids is 2. The lowest BCUT2D eigenvalue weighted by Gasteiger charge is -2.21. The molecule has 0 bridgehead atoms. The molecule has 6 nitrogen and oxygen atoms in total. The van der Waals surface area contributed by atoms with E-state index in [1.165, 1.54) is 12.7 Å². The number of hydrogen-bond donors (Lipinski definition) is 1. The minimum Gasteiger partial charge on any atom is -0.467 e. The largest absolute Gasteiger partial charge is 0.467 e. The second kappa shape index (κ2) is 13.4. The molecular formula is C27H34N2O4. The first-order chi connectivity index (χ1) is 15.9. The van der Waals surface area contributed by atoms with E-state index in [0.717, 1.165) is 30.6 Å². The molecule has 0 saturated heterocycles. The molecule has 6 heteroatoms. The lowest BCUT2D eigenvalue weighted by Crippen LogP contribution is -2.45. The number of hydrogen-bond acceptors (Lipinski definition) is 5. The molecule has 1 amide bonds. The van der Waals surface area contributed by atoms with Gasteiger partial charge in [0.1, 0.15) is 6.04 Å². The predicted molar refractivity (Wildman–Crippen MR) is 130 cm³/mol. The van der Waals surface area contributed by atoms with Gasteiger partial charge in [0.15, 0.2) is 0 Å². The minimum absolute atomic E-state index is 0.0244. The van der Waals surface area contributed by atoms with E-state index in [1.54, 1.807) is 31.4 Å². The molecule has 0 spiro atoms. The van der Waals surface area contributed by atoms with Gasteiger partial charge in [-0.1, -0.05) is 44.2 Å². The zero-order valence-electron chi connectivity index (χ0n) is 20.2. The molecule has 0 fully saturated rings. The van der Waals surface area contributed by atoms with Gasteiger partial charge in [-0.3, -0.25) is 9.69 Å². The maximum absolute atomic E-state index is 12.6. The third-order valence-electron chi connectivity index (χ3n) is 5.54. The minimum atomic E-state index is -0.672. The summed E-state index contributed by atoms with van der Waals surface area (Å²) in [5.74, 6) is 5.51. The van der Waals surface area contributed by atoms with E-state index in [-0.39, 0.29) is 11.8 Å². The van der Waals surface area contributed by atoms with E-state index >= 15 is 0 Å². The van der Waals surface area contributed by atoms with Crippen LogP contribution in [0.25, 0.3) is 0 Å². The van der Waals surface area contributed by atoms with E-state index in [4.69, 9.17) is 9.47 Å². The molecule has 2 rings (SSSR count). The molecule has 33 heavy (non-hydrogen) atoms. The number of carbonyl (C=O) groups is 2. The Bertz CT molecular complexity index is 958. The second-order valence-corrected chi connectivity index (χ2v) is 8.11. The van der Waals surface area contributed by atoms with Crippen LogP contribution in [0.4, 0.5) is 0 Å². The Kier molecular flexibility index (Phi) is 10.6. The Hall–Kier alpha value is -3.14. The first-order valence-corrected chi connectivity index (χ1v) is 11.1. The monoisotopic (exact) mass is 450 g/mol. The summed E-state index contributed by atoms with van der Waals surface area (Å²) in [4.78, 5) is 26.8. The van der Waals surface area contributed by atoms with Gasteiger partial charge in [-0.15, -0.1) is 0 Å². The number of methoxy groups -OCH3 is 2. The molecule has 176 valence electrons. The molecule has 0 unspecified atom stereocenters. The standard InChI is InChI=1S/C27H34N2O4/c1-6-20(2)25(27(31)33-5)28-26(30)24-15-13-22(14-16-24)8-7-21-9-11-23(12-10-21)19-29(3)17-18-32-4/h9-16,20,25H,6,17-19H2,1-5H3,(H,28,30)/t20-,25-/m0/s1. The molecule has 0 radical (unpaired) electrons. The van der Waals surface area contributed by atoms with Crippen LogP contribution in [-0.4, -0.2) is 57.2 Å². The molecular weight excluding hydrogens is 416 g/mol. The smallest absolute Gasteiger partial charge is 0.328 e. The second-order valence-electron chi connectivity index (χ2n) is 8.11. The van der Waals surface area contributed by atoms with Gasteiger partial charge in [-0.25, -0.2) is 4.79 Å². The van der Waals surface area contributed by atoms with E-state index in [2.05, 4.69) is 41.2 Å². The van der Waals surface area contributed by atoms with E-state index < -0.39 is 12.0 Å². The highest BCUT2D eigenvalue weighted by Crippen LogP contribution is 2.12. The zero-order chi connectivity index (χ0) is 24.2. The average Bonchev–Trinajstić information content (AvgIpc) is 2.84. The number of likely N-dealkylation sites (N-methyl/N-ethyl adjacent to an activating group) is 1. The molecule has 1 N–H and O–H groups in total. The first-order valence-electron chi connectivity index (χ1n) is 11.1. The third-order valence-corrected chi connectivity index (χ3v) is 5.54. The van der Waals surface area contributed by atoms with Crippen LogP contribution in [0.15, 0.2) is 48.5 Å². The van der Waals surface area contributed by atoms with Crippen molar-refractivity contribution in [1.82, 2.24) is 10.2 Å². The highest BCUT2D eigenvalue weighted by atomic mass is 16.5. The molecule has 0 aliphatic carbocycles. The summed E-state index contributed by atoms with van der Waals surface area (Å²) in [5.41, 5.74) is 3.42. The number of rotatable bonds is 10. The Morgan fingerprint density at radius 3 is 2.09 bits per heavy atom. The van der Waals surface area contributed by atoms with Gasteiger partial charge in [0.05, 0.1) is 13.7 Å². The van der Waals surface area contributed by atoms with Gasteiger partial charge < -0.3 is 14.8 Å². The SMILES string of the molecule is CC[C@H](C)[C@H](NC(=O)c1ccc(C#Cc2ccc(CN(C)CCOC)cc2)cc1)C(=O)OC. The normalized spacial score (nSPS) is 12.4. The first kappa shape index (κ1) is 26.1. The maximum Gasteiger partial charge on any atom is 0.328 e. The van der Waals surface area contributed by atoms with Crippen molar-refractivity contribution in [2.75, 3.05) is 34.4 Å². The lowest BCUT2D eigenvalue weighted by molar-refractivity contribution is -0.144. The summed E-state index contributed by atoms with van der Waals surface area (Å²) >= 11 is 0. The van der Waals surface area contributed by atoms with Crippen LogP contribution in [0, 0.1) is 17.8 Å². The molecule has 0 aliphatic rings. The van der Waals surface area contributed by atoms with Crippen molar-refractivity contribution < 1.29 is 19.1 Å². The summed E-state index contributed by atoms with van der Waals surface area (Å²) < 4.78 is 9.94. The summed E-state index contributed by atoms with van der Waals surface area (Å²) in [6.07, 6.45) is 0.750. The molecule has 0 saturated carbocycles. The zero-order valence-corrected chi connectivity index (χ0v) is 20.2. The fraction of sp³-hybridized carbons (Fsp3) is 0.407. The molecule has 2 atom stereocenters. The number of nitrogens with one attached hydrogen (secondary N) is 1. The van der Waals surface area contributed by atoms with Crippen LogP contribution in [0.3, 0.4) is 0 Å². The number of benzene rings is 2. The van der Waals surface area contributed by atoms with Crippen molar-refractivity contribution in [1.29, 1.82) is 0 Å². The fourth-order valence-electron chi connectivity index (χ4n) is 3.20. The van der Waals surface area contributed by atoms with Crippen molar-refractivity contribution in [3.63, 3.8) is 0 Å². The van der Waals surface area contributed by atoms with E-state index in [0.29, 0.717) is 12.2 Å². The number of esters is 1. The number of nitrogens with zero attached hydrogens (tertiary/aromatic N) is 1. The molecule has 0 aromatic heterocycles. The Morgan fingerprint density at radius 2 is 1.58 bits per heavy atom. The van der Waals surface area contributed by atoms with Crippen LogP contribution in [0.1, 0.15) is 47.3 Å². The van der Waals surface area contributed by atoms with Crippen LogP contribution < -0.4 is 5.32 Å². The van der Waals surface area contributed by atoms with Gasteiger partial charge in [0.25, 0.3) is 5.91 Å². The van der Waals surface area contributed by atoms with Crippen LogP contribution in [0.2, 0.25) is 0 Å². The lowest BCUT2D eigenvalue weighted by atomic mass is 9.98. The van der Waals surface area contributed by atoms with Crippen molar-refractivity contribution >= 4 is 11.9 Å². The maximum atomic E-state index is 12.6. The summed E-state index contributed by atoms with van der Waals surface area (Å²) in [6.45, 7) is 6.33. The molecule has 0 heterocycles. The highest BCUT2D eigenvalue weighted by molar-refractivity contribution is 5.96. The van der Waals surface area contributed by atoms with Gasteiger partial charge >= 0.3 is 5.97 Å². The third kappa shape index (κ3) is 8.38. The molecule has 0 aliphatic heterocycles. The Balaban J connectivity index is 1.99. The summed E-state index contributed by atoms with van der Waals surface area (Å²) in [6, 6.07) is 14.5. The number of ether oxygens (including phenoxy) is 2. The van der Waals surface area contributed by atoms with Crippen LogP contribution >= 0.6 is 0 Å². The summed E-state index contributed by atoms with van der Waals surface area (Å²) in [7, 11) is 5.10. The average molecular weight is 451 g/mol. The van der Waals surface area contributed by atoms with Crippen molar-refractivity contribution in [3.8, 4) is 11.8 Å². The predicted octanol–water partition coefficient (Wildman–Crippen LogP) is 3.48. The van der Waals surface area contributed by atoms with Gasteiger partial charge in [-0.05, 0) is 54.9 Å². The quantitative estimate of drug-likeness (QED) is 0.443. The van der Waals surface area contributed by atoms with E-state index in [9.17, 15) is 9.59 Å². The Labute approximate surface area is 197 Å². The van der Waals surface area contributed by atoms with Crippen LogP contribution in [0.5, 0.6) is 0 Å². The van der Waals surface area contributed by atoms with Gasteiger partial charge in [-0.2, -0.15) is 0 Å². The van der Waals surface area contributed by atoms with E-state index in [1.807, 2.05) is 26.0 Å². The molecule has 2 aromatic rings. The van der Waals surface area contributed by atoms with Crippen molar-refractivity contribution in [2.45, 2.75) is 32.9 Å². The van der Waals surface area contributed by atoms with Crippen molar-refractivity contribution in [2.24, 2.45) is 5.92 Å².